The maximum absolute atomic E-state index is 14.1. The van der Waals surface area contributed by atoms with E-state index >= 15 is 0 Å². The molecule has 4 heterocycles. The topological polar surface area (TPSA) is 88.5 Å². The third-order valence-corrected chi connectivity index (χ3v) is 5.61. The SMILES string of the molecule is O=C(C(CO)C1=C(F)CCC=N1)N1Cc2cn(Sc3cnn(CC(F)F)c3)nc2C1. The fourth-order valence-electron chi connectivity index (χ4n) is 3.40. The molecule has 1 atom stereocenters. The van der Waals surface area contributed by atoms with Crippen LogP contribution in [0.15, 0.2) is 40.0 Å². The number of aliphatic imine (C=N–C) groups is 1. The number of carbonyl (C=O) groups is 1. The molecular formula is C18H19F3N6O2S. The number of rotatable bonds is 7. The van der Waals surface area contributed by atoms with Crippen LogP contribution in [0.3, 0.4) is 0 Å². The van der Waals surface area contributed by atoms with Gasteiger partial charge in [0.1, 0.15) is 18.3 Å². The molecule has 1 N–H and O–H groups in total. The van der Waals surface area contributed by atoms with Crippen LogP contribution in [0.1, 0.15) is 24.1 Å². The van der Waals surface area contributed by atoms with E-state index in [-0.39, 0.29) is 25.2 Å². The predicted octanol–water partition coefficient (Wildman–Crippen LogP) is 2.40. The van der Waals surface area contributed by atoms with Crippen LogP contribution in [-0.2, 0) is 24.4 Å². The van der Waals surface area contributed by atoms with E-state index in [1.807, 2.05) is 0 Å². The van der Waals surface area contributed by atoms with Crippen LogP contribution in [0.4, 0.5) is 13.2 Å². The van der Waals surface area contributed by atoms with E-state index in [1.165, 1.54) is 33.9 Å². The first kappa shape index (κ1) is 20.7. The highest BCUT2D eigenvalue weighted by atomic mass is 32.2. The predicted molar refractivity (Wildman–Crippen MR) is 102 cm³/mol. The number of hydrogen-bond acceptors (Lipinski definition) is 6. The van der Waals surface area contributed by atoms with Gasteiger partial charge in [0.2, 0.25) is 5.91 Å². The summed E-state index contributed by atoms with van der Waals surface area (Å²) in [5.74, 6) is -1.89. The van der Waals surface area contributed by atoms with Crippen molar-refractivity contribution in [3.05, 3.63) is 41.4 Å². The Hall–Kier alpha value is -2.60. The van der Waals surface area contributed by atoms with Crippen molar-refractivity contribution in [2.75, 3.05) is 6.61 Å². The molecule has 0 aliphatic carbocycles. The summed E-state index contributed by atoms with van der Waals surface area (Å²) >= 11 is 1.22. The number of alkyl halides is 2. The Morgan fingerprint density at radius 2 is 2.13 bits per heavy atom. The standard InChI is InChI=1S/C18H19F3N6O2S/c19-14-2-1-3-22-17(14)13(10-28)18(29)25-5-11-6-27(24-15(11)8-25)30-12-4-23-26(7-12)9-16(20)21/h3-4,6-7,13,16,28H,1-2,5,8-10H2. The Balaban J connectivity index is 1.41. The summed E-state index contributed by atoms with van der Waals surface area (Å²) < 4.78 is 41.7. The molecule has 1 unspecified atom stereocenters. The molecule has 12 heteroatoms. The van der Waals surface area contributed by atoms with E-state index in [0.29, 0.717) is 17.0 Å². The molecule has 1 amide bonds. The second-order valence-electron chi connectivity index (χ2n) is 6.95. The number of aliphatic hydroxyl groups excluding tert-OH is 1. The Labute approximate surface area is 174 Å². The Morgan fingerprint density at radius 1 is 1.30 bits per heavy atom. The second-order valence-corrected chi connectivity index (χ2v) is 7.98. The number of hydrogen-bond donors (Lipinski definition) is 1. The smallest absolute Gasteiger partial charge is 0.257 e. The number of aromatic nitrogens is 4. The number of carbonyl (C=O) groups excluding carboxylic acids is 1. The van der Waals surface area contributed by atoms with Crippen LogP contribution in [0.5, 0.6) is 0 Å². The van der Waals surface area contributed by atoms with Gasteiger partial charge in [0.25, 0.3) is 6.43 Å². The zero-order valence-corrected chi connectivity index (χ0v) is 16.6. The zero-order valence-electron chi connectivity index (χ0n) is 15.8. The monoisotopic (exact) mass is 440 g/mol. The van der Waals surface area contributed by atoms with E-state index in [0.717, 1.165) is 5.56 Å². The summed E-state index contributed by atoms with van der Waals surface area (Å²) in [4.78, 5) is 19.0. The van der Waals surface area contributed by atoms with Crippen molar-refractivity contribution < 1.29 is 23.1 Å². The van der Waals surface area contributed by atoms with Gasteiger partial charge in [0.15, 0.2) is 0 Å². The number of nitrogens with zero attached hydrogens (tertiary/aromatic N) is 6. The van der Waals surface area contributed by atoms with Crippen molar-refractivity contribution in [1.82, 2.24) is 23.9 Å². The van der Waals surface area contributed by atoms with Crippen LogP contribution < -0.4 is 0 Å². The third kappa shape index (κ3) is 4.29. The fraction of sp³-hybridized carbons (Fsp3) is 0.444. The van der Waals surface area contributed by atoms with Crippen LogP contribution in [0.2, 0.25) is 0 Å². The highest BCUT2D eigenvalue weighted by Gasteiger charge is 2.34. The second kappa shape index (κ2) is 8.64. The number of allylic oxidation sites excluding steroid dienone is 1. The van der Waals surface area contributed by atoms with Gasteiger partial charge in [0, 0.05) is 49.1 Å². The average molecular weight is 440 g/mol. The van der Waals surface area contributed by atoms with E-state index in [1.54, 1.807) is 16.5 Å². The Kier molecular flexibility index (Phi) is 5.95. The lowest BCUT2D eigenvalue weighted by molar-refractivity contribution is -0.136. The lowest BCUT2D eigenvalue weighted by Gasteiger charge is -2.23. The van der Waals surface area contributed by atoms with Gasteiger partial charge in [-0.1, -0.05) is 0 Å². The molecule has 160 valence electrons. The van der Waals surface area contributed by atoms with Crippen molar-refractivity contribution in [1.29, 1.82) is 0 Å². The first-order valence-corrected chi connectivity index (χ1v) is 10.1. The number of halogens is 3. The Morgan fingerprint density at radius 3 is 2.83 bits per heavy atom. The summed E-state index contributed by atoms with van der Waals surface area (Å²) in [6, 6.07) is 0. The molecule has 8 nitrogen and oxygen atoms in total. The molecule has 0 radical (unpaired) electrons. The molecule has 0 bridgehead atoms. The zero-order chi connectivity index (χ0) is 21.3. The third-order valence-electron chi connectivity index (χ3n) is 4.82. The van der Waals surface area contributed by atoms with Crippen molar-refractivity contribution >= 4 is 24.1 Å². The van der Waals surface area contributed by atoms with Crippen molar-refractivity contribution in [3.8, 4) is 0 Å². The van der Waals surface area contributed by atoms with E-state index in [4.69, 9.17) is 0 Å². The first-order valence-electron chi connectivity index (χ1n) is 9.31. The quantitative estimate of drug-likeness (QED) is 0.714. The van der Waals surface area contributed by atoms with Gasteiger partial charge in [-0.3, -0.25) is 14.5 Å². The van der Waals surface area contributed by atoms with Crippen LogP contribution in [-0.4, -0.2) is 54.1 Å². The van der Waals surface area contributed by atoms with Crippen molar-refractivity contribution in [2.24, 2.45) is 10.9 Å². The minimum atomic E-state index is -2.48. The molecule has 0 fully saturated rings. The molecule has 2 aromatic rings. The molecule has 0 aromatic carbocycles. The number of fused-ring (bicyclic) bond motifs is 1. The lowest BCUT2D eigenvalue weighted by atomic mass is 10.0. The van der Waals surface area contributed by atoms with Crippen LogP contribution in [0, 0.1) is 5.92 Å². The molecule has 0 saturated heterocycles. The highest BCUT2D eigenvalue weighted by molar-refractivity contribution is 7.97. The van der Waals surface area contributed by atoms with Gasteiger partial charge in [-0.2, -0.15) is 10.2 Å². The molecule has 0 spiro atoms. The maximum Gasteiger partial charge on any atom is 0.257 e. The minimum absolute atomic E-state index is 0.000260. The normalized spacial score (nSPS) is 17.2. The molecule has 0 saturated carbocycles. The van der Waals surface area contributed by atoms with Crippen LogP contribution >= 0.6 is 11.9 Å². The van der Waals surface area contributed by atoms with Crippen molar-refractivity contribution in [3.63, 3.8) is 0 Å². The lowest BCUT2D eigenvalue weighted by Crippen LogP contribution is -2.35. The highest BCUT2D eigenvalue weighted by Crippen LogP contribution is 2.30. The molecule has 4 rings (SSSR count). The first-order chi connectivity index (χ1) is 14.4. The van der Waals surface area contributed by atoms with E-state index in [2.05, 4.69) is 15.2 Å². The Bertz CT molecular complexity index is 978. The van der Waals surface area contributed by atoms with Crippen molar-refractivity contribution in [2.45, 2.75) is 43.8 Å². The number of amides is 1. The van der Waals surface area contributed by atoms with Gasteiger partial charge in [-0.25, -0.2) is 17.3 Å². The molecule has 2 aliphatic heterocycles. The summed E-state index contributed by atoms with van der Waals surface area (Å²) in [6.07, 6.45) is 4.48. The van der Waals surface area contributed by atoms with Gasteiger partial charge in [-0.15, -0.1) is 0 Å². The van der Waals surface area contributed by atoms with Gasteiger partial charge >= 0.3 is 0 Å². The maximum atomic E-state index is 14.1. The summed E-state index contributed by atoms with van der Waals surface area (Å²) in [7, 11) is 0. The summed E-state index contributed by atoms with van der Waals surface area (Å²) in [6.45, 7) is -0.470. The fourth-order valence-corrected chi connectivity index (χ4v) is 4.20. The minimum Gasteiger partial charge on any atom is -0.395 e. The van der Waals surface area contributed by atoms with E-state index < -0.39 is 37.2 Å². The average Bonchev–Trinajstić information content (AvgIpc) is 3.38. The summed E-state index contributed by atoms with van der Waals surface area (Å²) in [5.41, 5.74) is 1.52. The summed E-state index contributed by atoms with van der Waals surface area (Å²) in [5, 5.41) is 18.0. The molecular weight excluding hydrogens is 421 g/mol. The number of aliphatic hydroxyl groups is 1. The van der Waals surface area contributed by atoms with E-state index in [9.17, 15) is 23.1 Å². The largest absolute Gasteiger partial charge is 0.395 e. The molecule has 2 aromatic heterocycles. The molecule has 30 heavy (non-hydrogen) atoms. The molecule has 2 aliphatic rings. The van der Waals surface area contributed by atoms with Gasteiger partial charge in [0.05, 0.1) is 35.6 Å². The van der Waals surface area contributed by atoms with Crippen LogP contribution in [0.25, 0.3) is 0 Å². The van der Waals surface area contributed by atoms with Gasteiger partial charge in [-0.05, 0) is 6.42 Å². The van der Waals surface area contributed by atoms with Gasteiger partial charge < -0.3 is 10.0 Å².